The quantitative estimate of drug-likeness (QED) is 0.496. The fourth-order valence-corrected chi connectivity index (χ4v) is 2.77. The molecule has 2 nitrogen and oxygen atoms in total. The summed E-state index contributed by atoms with van der Waals surface area (Å²) in [6.45, 7) is 0. The van der Waals surface area contributed by atoms with E-state index in [9.17, 15) is 17.6 Å². The molecular weight excluding hydrogens is 304 g/mol. The van der Waals surface area contributed by atoms with Gasteiger partial charge in [-0.2, -0.15) is 24.5 Å². The molecule has 0 aliphatic heterocycles. The molecule has 0 aliphatic carbocycles. The minimum absolute atomic E-state index is 0.321. The summed E-state index contributed by atoms with van der Waals surface area (Å²) in [6, 6.07) is 4.44. The van der Waals surface area contributed by atoms with Crippen molar-refractivity contribution in [3.05, 3.63) is 57.5 Å². The Morgan fingerprint density at radius 1 is 1.24 bits per heavy atom. The van der Waals surface area contributed by atoms with Crippen LogP contribution in [0.2, 0.25) is 0 Å². The van der Waals surface area contributed by atoms with Gasteiger partial charge in [0.05, 0.1) is 5.56 Å². The molecule has 0 bridgehead atoms. The smallest absolute Gasteiger partial charge is 0.271 e. The van der Waals surface area contributed by atoms with Gasteiger partial charge in [0.1, 0.15) is 5.82 Å². The standard InChI is InChI=1S/C14H14F4N2S/c15-12-3-2-10(7-11(12)14(16,17)18)13(20-19)4-1-9-5-6-21-8-9/h2-3,5-8,13,20H,1,4,19H2. The molecule has 0 spiro atoms. The summed E-state index contributed by atoms with van der Waals surface area (Å²) in [4.78, 5) is 0. The number of thiophene rings is 1. The van der Waals surface area contributed by atoms with E-state index in [4.69, 9.17) is 5.84 Å². The highest BCUT2D eigenvalue weighted by atomic mass is 32.1. The number of nitrogens with one attached hydrogen (secondary N) is 1. The molecule has 0 saturated heterocycles. The predicted octanol–water partition coefficient (Wildman–Crippen LogP) is 4.04. The summed E-state index contributed by atoms with van der Waals surface area (Å²) >= 11 is 1.55. The maximum absolute atomic E-state index is 13.3. The summed E-state index contributed by atoms with van der Waals surface area (Å²) in [5, 5.41) is 3.90. The van der Waals surface area contributed by atoms with Gasteiger partial charge in [0.2, 0.25) is 0 Å². The minimum atomic E-state index is -4.72. The van der Waals surface area contributed by atoms with Crippen LogP contribution in [-0.2, 0) is 12.6 Å². The van der Waals surface area contributed by atoms with Crippen LogP contribution in [0.25, 0.3) is 0 Å². The van der Waals surface area contributed by atoms with Crippen LogP contribution in [0.3, 0.4) is 0 Å². The molecule has 1 aromatic carbocycles. The number of hydrazine groups is 1. The largest absolute Gasteiger partial charge is 0.419 e. The Morgan fingerprint density at radius 2 is 2.00 bits per heavy atom. The van der Waals surface area contributed by atoms with Crippen molar-refractivity contribution in [2.45, 2.75) is 25.1 Å². The SMILES string of the molecule is NNC(CCc1ccsc1)c1ccc(F)c(C(F)(F)F)c1. The van der Waals surface area contributed by atoms with Crippen LogP contribution in [0.5, 0.6) is 0 Å². The van der Waals surface area contributed by atoms with Gasteiger partial charge < -0.3 is 0 Å². The van der Waals surface area contributed by atoms with Crippen molar-refractivity contribution < 1.29 is 17.6 Å². The van der Waals surface area contributed by atoms with Crippen LogP contribution in [0.4, 0.5) is 17.6 Å². The summed E-state index contributed by atoms with van der Waals surface area (Å²) in [6.07, 6.45) is -3.51. The van der Waals surface area contributed by atoms with Gasteiger partial charge in [-0.05, 0) is 52.9 Å². The highest BCUT2D eigenvalue weighted by Crippen LogP contribution is 2.33. The molecular formula is C14H14F4N2S. The Bertz CT molecular complexity index is 581. The number of halogens is 4. The lowest BCUT2D eigenvalue weighted by atomic mass is 9.98. The van der Waals surface area contributed by atoms with Gasteiger partial charge in [0.25, 0.3) is 0 Å². The summed E-state index contributed by atoms with van der Waals surface area (Å²) in [5.74, 6) is 4.14. The Kier molecular flexibility index (Phi) is 4.97. The topological polar surface area (TPSA) is 38.0 Å². The van der Waals surface area contributed by atoms with E-state index in [1.165, 1.54) is 6.07 Å². The Morgan fingerprint density at radius 3 is 2.57 bits per heavy atom. The first kappa shape index (κ1) is 15.9. The third-order valence-electron chi connectivity index (χ3n) is 3.20. The first-order valence-electron chi connectivity index (χ1n) is 6.25. The van der Waals surface area contributed by atoms with Crippen molar-refractivity contribution in [1.29, 1.82) is 0 Å². The van der Waals surface area contributed by atoms with E-state index in [2.05, 4.69) is 5.43 Å². The van der Waals surface area contributed by atoms with Crippen molar-refractivity contribution in [3.63, 3.8) is 0 Å². The van der Waals surface area contributed by atoms with Gasteiger partial charge in [-0.1, -0.05) is 6.07 Å². The average molecular weight is 318 g/mol. The van der Waals surface area contributed by atoms with Crippen molar-refractivity contribution in [1.82, 2.24) is 5.43 Å². The molecule has 1 aromatic heterocycles. The van der Waals surface area contributed by atoms with E-state index in [-0.39, 0.29) is 0 Å². The lowest BCUT2D eigenvalue weighted by Gasteiger charge is -2.18. The summed E-state index contributed by atoms with van der Waals surface area (Å²) in [5.41, 5.74) is 2.64. The molecule has 1 unspecified atom stereocenters. The zero-order valence-electron chi connectivity index (χ0n) is 11.0. The number of aryl methyl sites for hydroxylation is 1. The molecule has 0 aliphatic rings. The lowest BCUT2D eigenvalue weighted by molar-refractivity contribution is -0.140. The summed E-state index contributed by atoms with van der Waals surface area (Å²) < 4.78 is 51.4. The van der Waals surface area contributed by atoms with Crippen LogP contribution in [0, 0.1) is 5.82 Å². The highest BCUT2D eigenvalue weighted by Gasteiger charge is 2.34. The third kappa shape index (κ3) is 4.03. The maximum Gasteiger partial charge on any atom is 0.419 e. The average Bonchev–Trinajstić information content (AvgIpc) is 2.93. The number of benzene rings is 1. The van der Waals surface area contributed by atoms with E-state index >= 15 is 0 Å². The van der Waals surface area contributed by atoms with Crippen molar-refractivity contribution in [2.24, 2.45) is 5.84 Å². The number of hydrogen-bond acceptors (Lipinski definition) is 3. The highest BCUT2D eigenvalue weighted by molar-refractivity contribution is 7.07. The van der Waals surface area contributed by atoms with Crippen LogP contribution in [0.15, 0.2) is 35.0 Å². The first-order valence-corrected chi connectivity index (χ1v) is 7.20. The normalized spacial score (nSPS) is 13.4. The van der Waals surface area contributed by atoms with Gasteiger partial charge in [-0.25, -0.2) is 4.39 Å². The number of nitrogens with two attached hydrogens (primary N) is 1. The minimum Gasteiger partial charge on any atom is -0.271 e. The molecule has 21 heavy (non-hydrogen) atoms. The van der Waals surface area contributed by atoms with E-state index in [1.807, 2.05) is 16.8 Å². The van der Waals surface area contributed by atoms with Gasteiger partial charge in [-0.3, -0.25) is 11.3 Å². The molecule has 0 saturated carbocycles. The lowest BCUT2D eigenvalue weighted by Crippen LogP contribution is -2.28. The second-order valence-electron chi connectivity index (χ2n) is 4.63. The number of alkyl halides is 3. The van der Waals surface area contributed by atoms with Crippen LogP contribution >= 0.6 is 11.3 Å². The van der Waals surface area contributed by atoms with E-state index in [0.717, 1.165) is 17.7 Å². The molecule has 7 heteroatoms. The fraction of sp³-hybridized carbons (Fsp3) is 0.286. The second-order valence-corrected chi connectivity index (χ2v) is 5.41. The number of hydrogen-bond donors (Lipinski definition) is 2. The monoisotopic (exact) mass is 318 g/mol. The third-order valence-corrected chi connectivity index (χ3v) is 3.93. The van der Waals surface area contributed by atoms with Crippen LogP contribution in [-0.4, -0.2) is 0 Å². The molecule has 0 amide bonds. The molecule has 2 rings (SSSR count). The van der Waals surface area contributed by atoms with Crippen molar-refractivity contribution in [3.8, 4) is 0 Å². The van der Waals surface area contributed by atoms with Gasteiger partial charge in [0.15, 0.2) is 0 Å². The zero-order chi connectivity index (χ0) is 15.5. The van der Waals surface area contributed by atoms with Gasteiger partial charge in [0, 0.05) is 6.04 Å². The Balaban J connectivity index is 2.18. The molecule has 1 heterocycles. The van der Waals surface area contributed by atoms with Crippen LogP contribution < -0.4 is 11.3 Å². The zero-order valence-corrected chi connectivity index (χ0v) is 11.8. The van der Waals surface area contributed by atoms with Gasteiger partial charge >= 0.3 is 6.18 Å². The maximum atomic E-state index is 13.3. The Labute approximate surface area is 123 Å². The summed E-state index contributed by atoms with van der Waals surface area (Å²) in [7, 11) is 0. The molecule has 1 atom stereocenters. The number of rotatable bonds is 5. The molecule has 2 aromatic rings. The van der Waals surface area contributed by atoms with E-state index < -0.39 is 23.6 Å². The fourth-order valence-electron chi connectivity index (χ4n) is 2.07. The van der Waals surface area contributed by atoms with Crippen molar-refractivity contribution >= 4 is 11.3 Å². The van der Waals surface area contributed by atoms with Crippen molar-refractivity contribution in [2.75, 3.05) is 0 Å². The second kappa shape index (κ2) is 6.55. The molecule has 0 fully saturated rings. The van der Waals surface area contributed by atoms with Crippen LogP contribution in [0.1, 0.15) is 29.2 Å². The predicted molar refractivity (Wildman–Crippen MR) is 74.1 cm³/mol. The Hall–Kier alpha value is -1.44. The first-order chi connectivity index (χ1) is 9.91. The molecule has 0 radical (unpaired) electrons. The van der Waals surface area contributed by atoms with Gasteiger partial charge in [-0.15, -0.1) is 0 Å². The van der Waals surface area contributed by atoms with E-state index in [1.54, 1.807) is 11.3 Å². The molecule has 3 N–H and O–H groups in total. The molecule has 114 valence electrons. The van der Waals surface area contributed by atoms with E-state index in [0.29, 0.717) is 18.4 Å².